The average molecular weight is 344 g/mol. The zero-order chi connectivity index (χ0) is 17.8. The second kappa shape index (κ2) is 7.36. The van der Waals surface area contributed by atoms with Crippen molar-refractivity contribution in [1.82, 2.24) is 0 Å². The predicted molar refractivity (Wildman–Crippen MR) is 103 cm³/mol. The molecule has 0 radical (unpaired) electrons. The van der Waals surface area contributed by atoms with Gasteiger partial charge >= 0.3 is 0 Å². The Bertz CT molecular complexity index is 944. The van der Waals surface area contributed by atoms with E-state index in [2.05, 4.69) is 30.4 Å². The van der Waals surface area contributed by atoms with Gasteiger partial charge in [0.25, 0.3) is 0 Å². The Morgan fingerprint density at radius 1 is 0.731 bits per heavy atom. The van der Waals surface area contributed by atoms with Gasteiger partial charge in [0, 0.05) is 0 Å². The number of hydrogen-bond acceptors (Lipinski definition) is 3. The van der Waals surface area contributed by atoms with Crippen LogP contribution in [0.5, 0.6) is 17.2 Å². The third kappa shape index (κ3) is 3.57. The van der Waals surface area contributed by atoms with Crippen molar-refractivity contribution in [3.63, 3.8) is 0 Å². The van der Waals surface area contributed by atoms with E-state index in [1.165, 1.54) is 0 Å². The highest BCUT2D eigenvalue weighted by atomic mass is 16.5. The first kappa shape index (κ1) is 16.3. The van der Waals surface area contributed by atoms with E-state index in [9.17, 15) is 0 Å². The van der Waals surface area contributed by atoms with Crippen LogP contribution in [-0.2, 0) is 13.2 Å². The van der Waals surface area contributed by atoms with Crippen molar-refractivity contribution in [3.05, 3.63) is 89.0 Å². The van der Waals surface area contributed by atoms with Gasteiger partial charge in [-0.1, -0.05) is 54.6 Å². The highest BCUT2D eigenvalue weighted by Gasteiger charge is 2.09. The summed E-state index contributed by atoms with van der Waals surface area (Å²) >= 11 is 0. The zero-order valence-corrected chi connectivity index (χ0v) is 14.6. The van der Waals surface area contributed by atoms with Crippen LogP contribution in [0.1, 0.15) is 22.3 Å². The van der Waals surface area contributed by atoms with Gasteiger partial charge in [-0.2, -0.15) is 0 Å². The molecule has 4 bridgehead atoms. The van der Waals surface area contributed by atoms with Gasteiger partial charge in [0.2, 0.25) is 0 Å². The van der Waals surface area contributed by atoms with Crippen molar-refractivity contribution < 1.29 is 14.2 Å². The zero-order valence-electron chi connectivity index (χ0n) is 14.6. The highest BCUT2D eigenvalue weighted by molar-refractivity contribution is 5.71. The minimum Gasteiger partial charge on any atom is -0.493 e. The third-order valence-electron chi connectivity index (χ3n) is 4.41. The fraction of sp³-hybridized carbons (Fsp3) is 0.130. The Morgan fingerprint density at radius 3 is 2.23 bits per heavy atom. The molecule has 0 atom stereocenters. The van der Waals surface area contributed by atoms with Gasteiger partial charge in [-0.25, -0.2) is 0 Å². The van der Waals surface area contributed by atoms with Crippen LogP contribution in [0, 0.1) is 0 Å². The molecule has 0 amide bonds. The quantitative estimate of drug-likeness (QED) is 0.596. The number of rotatable bonds is 1. The molecule has 0 fully saturated rings. The second-order valence-electron chi connectivity index (χ2n) is 6.16. The van der Waals surface area contributed by atoms with E-state index in [1.807, 2.05) is 48.5 Å². The topological polar surface area (TPSA) is 27.7 Å². The molecule has 130 valence electrons. The SMILES string of the molecule is COc1ccc2cc1OCc1ccccc1COc1cccc(c1)/C=C\2. The predicted octanol–water partition coefficient (Wildman–Crippen LogP) is 5.34. The summed E-state index contributed by atoms with van der Waals surface area (Å²) in [4.78, 5) is 0. The molecule has 3 heteroatoms. The minimum atomic E-state index is 0.461. The van der Waals surface area contributed by atoms with E-state index in [0.717, 1.165) is 39.5 Å². The van der Waals surface area contributed by atoms with E-state index >= 15 is 0 Å². The molecule has 0 saturated heterocycles. The van der Waals surface area contributed by atoms with Gasteiger partial charge in [0.15, 0.2) is 11.5 Å². The van der Waals surface area contributed by atoms with E-state index < -0.39 is 0 Å². The van der Waals surface area contributed by atoms with Crippen molar-refractivity contribution >= 4 is 12.2 Å². The summed E-state index contributed by atoms with van der Waals surface area (Å²) in [5.74, 6) is 2.32. The van der Waals surface area contributed by atoms with Crippen LogP contribution >= 0.6 is 0 Å². The monoisotopic (exact) mass is 344 g/mol. The molecule has 0 saturated carbocycles. The lowest BCUT2D eigenvalue weighted by Gasteiger charge is -2.15. The molecule has 3 aromatic carbocycles. The number of methoxy groups -OCH3 is 1. The average Bonchev–Trinajstić information content (AvgIpc) is 2.69. The molecule has 0 N–H and O–H groups in total. The first-order chi connectivity index (χ1) is 12.8. The van der Waals surface area contributed by atoms with Crippen molar-refractivity contribution in [2.24, 2.45) is 0 Å². The molecule has 3 aromatic rings. The Balaban J connectivity index is 1.78. The number of benzene rings is 3. The van der Waals surface area contributed by atoms with E-state index in [1.54, 1.807) is 7.11 Å². The highest BCUT2D eigenvalue weighted by Crippen LogP contribution is 2.30. The van der Waals surface area contributed by atoms with Crippen molar-refractivity contribution in [2.75, 3.05) is 7.11 Å². The second-order valence-corrected chi connectivity index (χ2v) is 6.16. The smallest absolute Gasteiger partial charge is 0.162 e. The summed E-state index contributed by atoms with van der Waals surface area (Å²) in [6, 6.07) is 22.2. The Kier molecular flexibility index (Phi) is 4.61. The van der Waals surface area contributed by atoms with Crippen LogP contribution in [0.3, 0.4) is 0 Å². The van der Waals surface area contributed by atoms with Gasteiger partial charge < -0.3 is 14.2 Å². The summed E-state index contributed by atoms with van der Waals surface area (Å²) in [6.45, 7) is 0.965. The van der Waals surface area contributed by atoms with Crippen molar-refractivity contribution in [1.29, 1.82) is 0 Å². The number of ether oxygens (including phenoxy) is 3. The summed E-state index contributed by atoms with van der Waals surface area (Å²) in [5.41, 5.74) is 4.35. The Morgan fingerprint density at radius 2 is 1.46 bits per heavy atom. The lowest BCUT2D eigenvalue weighted by molar-refractivity contribution is 0.273. The fourth-order valence-electron chi connectivity index (χ4n) is 2.97. The molecule has 1 aliphatic rings. The van der Waals surface area contributed by atoms with Gasteiger partial charge in [0.1, 0.15) is 19.0 Å². The third-order valence-corrected chi connectivity index (χ3v) is 4.41. The minimum absolute atomic E-state index is 0.461. The molecule has 1 heterocycles. The van der Waals surface area contributed by atoms with E-state index in [0.29, 0.717) is 13.2 Å². The van der Waals surface area contributed by atoms with Gasteiger partial charge in [-0.15, -0.1) is 0 Å². The molecule has 0 unspecified atom stereocenters. The maximum atomic E-state index is 6.08. The lowest BCUT2D eigenvalue weighted by atomic mass is 10.1. The molecule has 0 aromatic heterocycles. The number of hydrogen-bond donors (Lipinski definition) is 0. The fourth-order valence-corrected chi connectivity index (χ4v) is 2.97. The van der Waals surface area contributed by atoms with Crippen molar-refractivity contribution in [3.8, 4) is 17.2 Å². The molecular formula is C23H20O3. The standard InChI is InChI=1S/C23H20O3/c1-24-22-12-11-18-10-9-17-5-4-8-21(13-17)25-15-19-6-2-3-7-20(19)16-26-23(22)14-18/h2-14H,15-16H2,1H3/b10-9-. The van der Waals surface area contributed by atoms with Crippen LogP contribution in [-0.4, -0.2) is 7.11 Å². The summed E-state index contributed by atoms with van der Waals surface area (Å²) in [5, 5.41) is 0. The Labute approximate surface area is 153 Å². The van der Waals surface area contributed by atoms with Crippen LogP contribution < -0.4 is 14.2 Å². The molecule has 3 nitrogen and oxygen atoms in total. The largest absolute Gasteiger partial charge is 0.493 e. The normalized spacial score (nSPS) is 14.2. The maximum Gasteiger partial charge on any atom is 0.162 e. The maximum absolute atomic E-state index is 6.08. The van der Waals surface area contributed by atoms with E-state index in [-0.39, 0.29) is 0 Å². The summed E-state index contributed by atoms with van der Waals surface area (Å²) < 4.78 is 17.5. The first-order valence-electron chi connectivity index (χ1n) is 8.60. The van der Waals surface area contributed by atoms with Crippen LogP contribution in [0.2, 0.25) is 0 Å². The molecular weight excluding hydrogens is 324 g/mol. The van der Waals surface area contributed by atoms with Gasteiger partial charge in [-0.3, -0.25) is 0 Å². The van der Waals surface area contributed by atoms with Gasteiger partial charge in [0.05, 0.1) is 7.11 Å². The lowest BCUT2D eigenvalue weighted by Crippen LogP contribution is -2.04. The van der Waals surface area contributed by atoms with Crippen molar-refractivity contribution in [2.45, 2.75) is 13.2 Å². The summed E-state index contributed by atoms with van der Waals surface area (Å²) in [6.07, 6.45) is 4.13. The summed E-state index contributed by atoms with van der Waals surface area (Å²) in [7, 11) is 1.66. The van der Waals surface area contributed by atoms with Crippen LogP contribution in [0.15, 0.2) is 66.7 Å². The van der Waals surface area contributed by atoms with Crippen LogP contribution in [0.4, 0.5) is 0 Å². The molecule has 4 rings (SSSR count). The van der Waals surface area contributed by atoms with Gasteiger partial charge in [-0.05, 0) is 46.5 Å². The molecule has 1 aliphatic heterocycles. The van der Waals surface area contributed by atoms with E-state index in [4.69, 9.17) is 14.2 Å². The molecule has 0 aliphatic carbocycles. The first-order valence-corrected chi connectivity index (χ1v) is 8.60. The number of fused-ring (bicyclic) bond motifs is 5. The molecule has 0 spiro atoms. The molecule has 26 heavy (non-hydrogen) atoms. The van der Waals surface area contributed by atoms with Crippen LogP contribution in [0.25, 0.3) is 12.2 Å². The Hall–Kier alpha value is -3.20.